The van der Waals surface area contributed by atoms with Crippen molar-refractivity contribution in [1.82, 2.24) is 10.2 Å². The van der Waals surface area contributed by atoms with Crippen molar-refractivity contribution in [3.05, 3.63) is 30.3 Å². The number of hydrogen-bond donors (Lipinski definition) is 1. The van der Waals surface area contributed by atoms with Crippen molar-refractivity contribution in [2.24, 2.45) is 5.92 Å². The topological polar surface area (TPSA) is 32.3 Å². The highest BCUT2D eigenvalue weighted by Gasteiger charge is 2.26. The maximum absolute atomic E-state index is 12.4. The van der Waals surface area contributed by atoms with E-state index >= 15 is 0 Å². The smallest absolute Gasteiger partial charge is 0.317 e. The second-order valence-electron chi connectivity index (χ2n) is 6.51. The predicted molar refractivity (Wildman–Crippen MR) is 92.3 cm³/mol. The molecule has 0 aromatic heterocycles. The molecule has 2 amide bonds. The third kappa shape index (κ3) is 4.42. The lowest BCUT2D eigenvalue weighted by Crippen LogP contribution is -2.48. The number of likely N-dealkylation sites (tertiary alicyclic amines) is 1. The van der Waals surface area contributed by atoms with E-state index in [0.29, 0.717) is 12.0 Å². The number of carbonyl (C=O) groups is 1. The number of rotatable bonds is 4. The van der Waals surface area contributed by atoms with Gasteiger partial charge in [-0.2, -0.15) is 0 Å². The van der Waals surface area contributed by atoms with Crippen molar-refractivity contribution in [3.63, 3.8) is 0 Å². The molecule has 0 radical (unpaired) electrons. The van der Waals surface area contributed by atoms with Gasteiger partial charge in [0.05, 0.1) is 0 Å². The first-order chi connectivity index (χ1) is 10.8. The summed E-state index contributed by atoms with van der Waals surface area (Å²) in [5.41, 5.74) is 0. The molecule has 1 saturated heterocycles. The molecule has 2 aliphatic rings. The molecular weight excluding hydrogens is 292 g/mol. The van der Waals surface area contributed by atoms with Crippen LogP contribution in [0.15, 0.2) is 35.2 Å². The highest BCUT2D eigenvalue weighted by Crippen LogP contribution is 2.26. The second kappa shape index (κ2) is 7.91. The second-order valence-corrected chi connectivity index (χ2v) is 7.60. The maximum atomic E-state index is 12.4. The van der Waals surface area contributed by atoms with Crippen molar-refractivity contribution in [3.8, 4) is 0 Å². The Morgan fingerprint density at radius 3 is 2.68 bits per heavy atom. The number of nitrogens with zero attached hydrogens (tertiary/aromatic N) is 1. The van der Waals surface area contributed by atoms with Crippen LogP contribution in [0.3, 0.4) is 0 Å². The normalized spacial score (nSPS) is 22.7. The van der Waals surface area contributed by atoms with E-state index in [1.165, 1.54) is 24.2 Å². The first-order valence-electron chi connectivity index (χ1n) is 8.54. The molecule has 1 saturated carbocycles. The Bertz CT molecular complexity index is 473. The van der Waals surface area contributed by atoms with Crippen LogP contribution in [0.2, 0.25) is 0 Å². The zero-order valence-electron chi connectivity index (χ0n) is 13.2. The first-order valence-corrected chi connectivity index (χ1v) is 9.53. The van der Waals surface area contributed by atoms with Crippen molar-refractivity contribution in [2.75, 3.05) is 18.8 Å². The number of benzene rings is 1. The van der Waals surface area contributed by atoms with Gasteiger partial charge in [0.1, 0.15) is 0 Å². The standard InChI is InChI=1S/C18H26N2OS/c21-18(19-16-8-4-5-9-16)20-12-6-7-15(13-20)14-22-17-10-2-1-3-11-17/h1-3,10-11,15-16H,4-9,12-14H2,(H,19,21). The Labute approximate surface area is 137 Å². The summed E-state index contributed by atoms with van der Waals surface area (Å²) in [6.07, 6.45) is 7.23. The highest BCUT2D eigenvalue weighted by atomic mass is 32.2. The molecule has 4 heteroatoms. The van der Waals surface area contributed by atoms with Crippen LogP contribution < -0.4 is 5.32 Å². The van der Waals surface area contributed by atoms with Crippen molar-refractivity contribution in [2.45, 2.75) is 49.5 Å². The SMILES string of the molecule is O=C(NC1CCCC1)N1CCCC(CSc2ccccc2)C1. The average molecular weight is 318 g/mol. The Kier molecular flexibility index (Phi) is 5.65. The Morgan fingerprint density at radius 2 is 1.91 bits per heavy atom. The van der Waals surface area contributed by atoms with Gasteiger partial charge in [-0.1, -0.05) is 31.0 Å². The number of nitrogens with one attached hydrogen (secondary N) is 1. The lowest BCUT2D eigenvalue weighted by Gasteiger charge is -2.33. The molecule has 22 heavy (non-hydrogen) atoms. The summed E-state index contributed by atoms with van der Waals surface area (Å²) >= 11 is 1.92. The molecule has 3 rings (SSSR count). The monoisotopic (exact) mass is 318 g/mol. The Hall–Kier alpha value is -1.16. The number of amides is 2. The van der Waals surface area contributed by atoms with Gasteiger partial charge in [0.25, 0.3) is 0 Å². The van der Waals surface area contributed by atoms with Crippen molar-refractivity contribution >= 4 is 17.8 Å². The molecule has 1 aliphatic heterocycles. The summed E-state index contributed by atoms with van der Waals surface area (Å²) < 4.78 is 0. The summed E-state index contributed by atoms with van der Waals surface area (Å²) in [5.74, 6) is 1.73. The highest BCUT2D eigenvalue weighted by molar-refractivity contribution is 7.99. The van der Waals surface area contributed by atoms with Crippen LogP contribution in [0.4, 0.5) is 4.79 Å². The van der Waals surface area contributed by atoms with Crippen molar-refractivity contribution < 1.29 is 4.79 Å². The molecule has 1 aromatic rings. The van der Waals surface area contributed by atoms with E-state index < -0.39 is 0 Å². The van der Waals surface area contributed by atoms with Gasteiger partial charge >= 0.3 is 6.03 Å². The zero-order chi connectivity index (χ0) is 15.2. The number of hydrogen-bond acceptors (Lipinski definition) is 2. The van der Waals surface area contributed by atoms with Gasteiger partial charge in [-0.15, -0.1) is 11.8 Å². The van der Waals surface area contributed by atoms with E-state index in [-0.39, 0.29) is 6.03 Å². The zero-order valence-corrected chi connectivity index (χ0v) is 14.0. The molecule has 1 atom stereocenters. The fourth-order valence-electron chi connectivity index (χ4n) is 3.45. The lowest BCUT2D eigenvalue weighted by atomic mass is 10.0. The molecule has 3 nitrogen and oxygen atoms in total. The van der Waals surface area contributed by atoms with E-state index in [4.69, 9.17) is 0 Å². The molecule has 0 spiro atoms. The van der Waals surface area contributed by atoms with Gasteiger partial charge in [-0.05, 0) is 43.7 Å². The quantitative estimate of drug-likeness (QED) is 0.846. The Morgan fingerprint density at radius 1 is 1.14 bits per heavy atom. The molecule has 1 aromatic carbocycles. The first kappa shape index (κ1) is 15.7. The minimum atomic E-state index is 0.168. The van der Waals surface area contributed by atoms with E-state index in [9.17, 15) is 4.79 Å². The van der Waals surface area contributed by atoms with Crippen LogP contribution in [0.1, 0.15) is 38.5 Å². The van der Waals surface area contributed by atoms with Gasteiger partial charge in [0.15, 0.2) is 0 Å². The van der Waals surface area contributed by atoms with E-state index in [0.717, 1.165) is 38.1 Å². The summed E-state index contributed by atoms with van der Waals surface area (Å²) in [6.45, 7) is 1.84. The molecule has 0 bridgehead atoms. The molecule has 120 valence electrons. The largest absolute Gasteiger partial charge is 0.335 e. The molecule has 1 unspecified atom stereocenters. The summed E-state index contributed by atoms with van der Waals surface area (Å²) in [6, 6.07) is 11.2. The van der Waals surface area contributed by atoms with Crippen LogP contribution in [-0.2, 0) is 0 Å². The van der Waals surface area contributed by atoms with E-state index in [1.54, 1.807) is 0 Å². The molecule has 1 N–H and O–H groups in total. The number of carbonyl (C=O) groups excluding carboxylic acids is 1. The predicted octanol–water partition coefficient (Wildman–Crippen LogP) is 4.14. The van der Waals surface area contributed by atoms with Gasteiger partial charge < -0.3 is 10.2 Å². The molecule has 1 aliphatic carbocycles. The number of urea groups is 1. The fraction of sp³-hybridized carbons (Fsp3) is 0.611. The van der Waals surface area contributed by atoms with Gasteiger partial charge in [0, 0.05) is 29.8 Å². The van der Waals surface area contributed by atoms with Gasteiger partial charge in [-0.25, -0.2) is 4.79 Å². The minimum absolute atomic E-state index is 0.168. The van der Waals surface area contributed by atoms with Gasteiger partial charge in [0.2, 0.25) is 0 Å². The molecule has 1 heterocycles. The van der Waals surface area contributed by atoms with Crippen molar-refractivity contribution in [1.29, 1.82) is 0 Å². The Balaban J connectivity index is 1.45. The van der Waals surface area contributed by atoms with Crippen LogP contribution in [0, 0.1) is 5.92 Å². The van der Waals surface area contributed by atoms with Crippen LogP contribution in [-0.4, -0.2) is 35.8 Å². The average Bonchev–Trinajstić information content (AvgIpc) is 3.07. The summed E-state index contributed by atoms with van der Waals surface area (Å²) in [5, 5.41) is 3.22. The van der Waals surface area contributed by atoms with Crippen LogP contribution in [0.25, 0.3) is 0 Å². The summed E-state index contributed by atoms with van der Waals surface area (Å²) in [7, 11) is 0. The minimum Gasteiger partial charge on any atom is -0.335 e. The third-order valence-corrected chi connectivity index (χ3v) is 5.96. The van der Waals surface area contributed by atoms with Crippen LogP contribution >= 0.6 is 11.8 Å². The maximum Gasteiger partial charge on any atom is 0.317 e. The lowest BCUT2D eigenvalue weighted by molar-refractivity contribution is 0.167. The summed E-state index contributed by atoms with van der Waals surface area (Å²) in [4.78, 5) is 15.8. The number of piperidine rings is 1. The van der Waals surface area contributed by atoms with Crippen LogP contribution in [0.5, 0.6) is 0 Å². The third-order valence-electron chi connectivity index (χ3n) is 4.72. The van der Waals surface area contributed by atoms with E-state index in [1.807, 2.05) is 16.7 Å². The van der Waals surface area contributed by atoms with E-state index in [2.05, 4.69) is 35.6 Å². The fourth-order valence-corrected chi connectivity index (χ4v) is 4.50. The van der Waals surface area contributed by atoms with Gasteiger partial charge in [-0.3, -0.25) is 0 Å². The number of thioether (sulfide) groups is 1. The molecular formula is C18H26N2OS. The molecule has 2 fully saturated rings.